The first-order valence-electron chi connectivity index (χ1n) is 5.96. The van der Waals surface area contributed by atoms with Gasteiger partial charge in [0.1, 0.15) is 0 Å². The predicted octanol–water partition coefficient (Wildman–Crippen LogP) is 3.23. The second-order valence-corrected chi connectivity index (χ2v) is 4.61. The third-order valence-corrected chi connectivity index (χ3v) is 3.49. The number of hydrogen-bond donors (Lipinski definition) is 2. The van der Waals surface area contributed by atoms with Crippen molar-refractivity contribution in [3.05, 3.63) is 47.0 Å². The molecule has 0 amide bonds. The smallest absolute Gasteiger partial charge is 0.0541 e. The fourth-order valence-electron chi connectivity index (χ4n) is 2.60. The molecule has 1 aromatic heterocycles. The molecule has 0 saturated carbocycles. The van der Waals surface area contributed by atoms with E-state index in [4.69, 9.17) is 5.84 Å². The molecule has 1 heterocycles. The Morgan fingerprint density at radius 2 is 2.00 bits per heavy atom. The van der Waals surface area contributed by atoms with E-state index in [0.29, 0.717) is 0 Å². The number of hydrazone groups is 1. The van der Waals surface area contributed by atoms with E-state index in [1.54, 1.807) is 6.21 Å². The SMILES string of the molecule is Cc1cc(C=NN)c(C)c2c1[nH]c1ccccc12. The number of fused-ring (bicyclic) bond motifs is 3. The van der Waals surface area contributed by atoms with E-state index in [1.165, 1.54) is 32.9 Å². The zero-order valence-electron chi connectivity index (χ0n) is 10.5. The molecular weight excluding hydrogens is 222 g/mol. The highest BCUT2D eigenvalue weighted by Gasteiger charge is 2.11. The van der Waals surface area contributed by atoms with E-state index >= 15 is 0 Å². The molecule has 0 atom stereocenters. The van der Waals surface area contributed by atoms with Crippen LogP contribution in [-0.2, 0) is 0 Å². The van der Waals surface area contributed by atoms with Crippen molar-refractivity contribution in [2.45, 2.75) is 13.8 Å². The number of benzene rings is 2. The minimum atomic E-state index is 1.08. The second kappa shape index (κ2) is 3.88. The average Bonchev–Trinajstić information content (AvgIpc) is 2.76. The zero-order chi connectivity index (χ0) is 12.7. The summed E-state index contributed by atoms with van der Waals surface area (Å²) in [6, 6.07) is 10.5. The number of rotatable bonds is 1. The van der Waals surface area contributed by atoms with E-state index in [-0.39, 0.29) is 0 Å². The highest BCUT2D eigenvalue weighted by atomic mass is 15.1. The van der Waals surface area contributed by atoms with Gasteiger partial charge in [0.05, 0.1) is 6.21 Å². The number of nitrogens with zero attached hydrogens (tertiary/aromatic N) is 1. The van der Waals surface area contributed by atoms with E-state index in [0.717, 1.165) is 5.56 Å². The number of para-hydroxylation sites is 1. The van der Waals surface area contributed by atoms with Crippen LogP contribution in [0.5, 0.6) is 0 Å². The van der Waals surface area contributed by atoms with Crippen molar-refractivity contribution in [2.75, 3.05) is 0 Å². The van der Waals surface area contributed by atoms with Gasteiger partial charge in [0.25, 0.3) is 0 Å². The Labute approximate surface area is 105 Å². The third-order valence-electron chi connectivity index (χ3n) is 3.49. The first-order valence-corrected chi connectivity index (χ1v) is 5.96. The molecule has 3 nitrogen and oxygen atoms in total. The van der Waals surface area contributed by atoms with Gasteiger partial charge in [-0.15, -0.1) is 0 Å². The molecule has 18 heavy (non-hydrogen) atoms. The van der Waals surface area contributed by atoms with Gasteiger partial charge in [0.2, 0.25) is 0 Å². The molecular formula is C15H15N3. The first-order chi connectivity index (χ1) is 8.72. The summed E-state index contributed by atoms with van der Waals surface area (Å²) in [5.74, 6) is 5.27. The lowest BCUT2D eigenvalue weighted by Crippen LogP contribution is -1.93. The summed E-state index contributed by atoms with van der Waals surface area (Å²) in [5.41, 5.74) is 5.86. The molecule has 3 rings (SSSR count). The van der Waals surface area contributed by atoms with Crippen molar-refractivity contribution in [3.63, 3.8) is 0 Å². The summed E-state index contributed by atoms with van der Waals surface area (Å²) >= 11 is 0. The van der Waals surface area contributed by atoms with E-state index < -0.39 is 0 Å². The maximum absolute atomic E-state index is 5.27. The van der Waals surface area contributed by atoms with Crippen LogP contribution in [0, 0.1) is 13.8 Å². The maximum Gasteiger partial charge on any atom is 0.0541 e. The van der Waals surface area contributed by atoms with Crippen LogP contribution in [-0.4, -0.2) is 11.2 Å². The fraction of sp³-hybridized carbons (Fsp3) is 0.133. The molecule has 0 aliphatic rings. The first kappa shape index (κ1) is 10.8. The molecule has 0 saturated heterocycles. The number of nitrogens with two attached hydrogens (primary N) is 1. The predicted molar refractivity (Wildman–Crippen MR) is 77.1 cm³/mol. The van der Waals surface area contributed by atoms with Crippen LogP contribution in [0.25, 0.3) is 21.8 Å². The van der Waals surface area contributed by atoms with E-state index in [1.807, 2.05) is 6.07 Å². The van der Waals surface area contributed by atoms with E-state index in [9.17, 15) is 0 Å². The molecule has 0 aliphatic carbocycles. The monoisotopic (exact) mass is 237 g/mol. The van der Waals surface area contributed by atoms with Gasteiger partial charge in [0, 0.05) is 21.8 Å². The Hall–Kier alpha value is -2.29. The van der Waals surface area contributed by atoms with Crippen LogP contribution in [0.15, 0.2) is 35.4 Å². The van der Waals surface area contributed by atoms with Crippen molar-refractivity contribution >= 4 is 28.0 Å². The molecule has 90 valence electrons. The molecule has 3 aromatic rings. The highest BCUT2D eigenvalue weighted by Crippen LogP contribution is 2.31. The normalized spacial score (nSPS) is 11.9. The Kier molecular flexibility index (Phi) is 2.33. The molecule has 2 aromatic carbocycles. The van der Waals surface area contributed by atoms with Gasteiger partial charge in [-0.2, -0.15) is 5.10 Å². The van der Waals surface area contributed by atoms with E-state index in [2.05, 4.69) is 48.2 Å². The van der Waals surface area contributed by atoms with Crippen LogP contribution in [0.3, 0.4) is 0 Å². The molecule has 3 N–H and O–H groups in total. The van der Waals surface area contributed by atoms with Gasteiger partial charge in [-0.25, -0.2) is 0 Å². The lowest BCUT2D eigenvalue weighted by molar-refractivity contribution is 1.26. The Morgan fingerprint density at radius 3 is 2.78 bits per heavy atom. The molecule has 0 spiro atoms. The Bertz CT molecular complexity index is 766. The molecule has 3 heteroatoms. The van der Waals surface area contributed by atoms with Gasteiger partial charge in [-0.05, 0) is 42.7 Å². The number of hydrogen-bond acceptors (Lipinski definition) is 2. The van der Waals surface area contributed by atoms with Crippen molar-refractivity contribution in [2.24, 2.45) is 10.9 Å². The average molecular weight is 237 g/mol. The third kappa shape index (κ3) is 1.40. The van der Waals surface area contributed by atoms with Crippen molar-refractivity contribution in [1.82, 2.24) is 4.98 Å². The van der Waals surface area contributed by atoms with Crippen LogP contribution < -0.4 is 5.84 Å². The maximum atomic E-state index is 5.27. The second-order valence-electron chi connectivity index (χ2n) is 4.61. The van der Waals surface area contributed by atoms with Gasteiger partial charge in [0.15, 0.2) is 0 Å². The number of aryl methyl sites for hydroxylation is 2. The standard InChI is InChI=1S/C15H15N3/c1-9-7-11(8-17-16)10(2)14-12-5-3-4-6-13(12)18-15(9)14/h3-8,18H,16H2,1-2H3. The summed E-state index contributed by atoms with van der Waals surface area (Å²) in [4.78, 5) is 3.48. The van der Waals surface area contributed by atoms with Crippen LogP contribution in [0.1, 0.15) is 16.7 Å². The lowest BCUT2D eigenvalue weighted by atomic mass is 9.99. The number of aromatic amines is 1. The minimum absolute atomic E-state index is 1.08. The number of nitrogens with one attached hydrogen (secondary N) is 1. The summed E-state index contributed by atoms with van der Waals surface area (Å²) in [6.07, 6.45) is 1.71. The van der Waals surface area contributed by atoms with Gasteiger partial charge >= 0.3 is 0 Å². The highest BCUT2D eigenvalue weighted by molar-refractivity contribution is 6.11. The van der Waals surface area contributed by atoms with Crippen molar-refractivity contribution in [1.29, 1.82) is 0 Å². The van der Waals surface area contributed by atoms with Crippen LogP contribution >= 0.6 is 0 Å². The number of aromatic nitrogens is 1. The summed E-state index contributed by atoms with van der Waals surface area (Å²) in [6.45, 7) is 4.21. The van der Waals surface area contributed by atoms with Crippen LogP contribution in [0.2, 0.25) is 0 Å². The molecule has 0 unspecified atom stereocenters. The molecule has 0 radical (unpaired) electrons. The molecule has 0 aliphatic heterocycles. The fourth-order valence-corrected chi connectivity index (χ4v) is 2.60. The van der Waals surface area contributed by atoms with Crippen molar-refractivity contribution in [3.8, 4) is 0 Å². The topological polar surface area (TPSA) is 54.2 Å². The van der Waals surface area contributed by atoms with Gasteiger partial charge in [-0.1, -0.05) is 18.2 Å². The van der Waals surface area contributed by atoms with Gasteiger partial charge < -0.3 is 10.8 Å². The quantitative estimate of drug-likeness (QED) is 0.381. The largest absolute Gasteiger partial charge is 0.354 e. The summed E-state index contributed by atoms with van der Waals surface area (Å²) < 4.78 is 0. The van der Waals surface area contributed by atoms with Crippen LogP contribution in [0.4, 0.5) is 0 Å². The summed E-state index contributed by atoms with van der Waals surface area (Å²) in [7, 11) is 0. The van der Waals surface area contributed by atoms with Gasteiger partial charge in [-0.3, -0.25) is 0 Å². The summed E-state index contributed by atoms with van der Waals surface area (Å²) in [5, 5.41) is 6.16. The zero-order valence-corrected chi connectivity index (χ0v) is 10.5. The Balaban J connectivity index is 2.54. The van der Waals surface area contributed by atoms with Crippen molar-refractivity contribution < 1.29 is 0 Å². The molecule has 0 fully saturated rings. The minimum Gasteiger partial charge on any atom is -0.354 e. The lowest BCUT2D eigenvalue weighted by Gasteiger charge is -2.05. The molecule has 0 bridgehead atoms. The Morgan fingerprint density at radius 1 is 1.22 bits per heavy atom. The number of H-pyrrole nitrogens is 1.